The van der Waals surface area contributed by atoms with Gasteiger partial charge in [0.2, 0.25) is 0 Å². The third-order valence-corrected chi connectivity index (χ3v) is 0.558. The van der Waals surface area contributed by atoms with E-state index in [1.165, 1.54) is 0 Å². The molecule has 0 amide bonds. The number of hydrogen-bond acceptors (Lipinski definition) is 1. The molecule has 8 heavy (non-hydrogen) atoms. The van der Waals surface area contributed by atoms with E-state index in [0.29, 0.717) is 0 Å². The second-order valence-electron chi connectivity index (χ2n) is 0.659. The summed E-state index contributed by atoms with van der Waals surface area (Å²) in [5.74, 6) is 0. The maximum absolute atomic E-state index is 4.80. The van der Waals surface area contributed by atoms with Crippen LogP contribution in [0.15, 0.2) is 0 Å². The van der Waals surface area contributed by atoms with Gasteiger partial charge in [-0.1, -0.05) is 22.3 Å². The predicted octanol–water partition coefficient (Wildman–Crippen LogP) is 2.76. The van der Waals surface area contributed by atoms with E-state index in [1.807, 2.05) is 6.92 Å². The summed E-state index contributed by atoms with van der Waals surface area (Å²) in [7, 11) is 2.48. The Balaban J connectivity index is -0.0000000267. The van der Waals surface area contributed by atoms with Gasteiger partial charge in [0, 0.05) is 6.61 Å². The summed E-state index contributed by atoms with van der Waals surface area (Å²) in [6.07, 6.45) is 0.760. The first kappa shape index (κ1) is 23.8. The number of rotatable bonds is 2. The second-order valence-corrected chi connectivity index (χ2v) is 0.993. The van der Waals surface area contributed by atoms with Crippen molar-refractivity contribution in [3.8, 4) is 0 Å². The van der Waals surface area contributed by atoms with E-state index in [2.05, 4.69) is 9.24 Å². The second kappa shape index (κ2) is 26.3. The van der Waals surface area contributed by atoms with Crippen LogP contribution in [0.5, 0.6) is 0 Å². The first-order valence-corrected chi connectivity index (χ1v) is 2.51. The molecule has 0 radical (unpaired) electrons. The van der Waals surface area contributed by atoms with E-state index >= 15 is 0 Å². The molecule has 0 bridgehead atoms. The highest BCUT2D eigenvalue weighted by molar-refractivity contribution is 7.16. The average Bonchev–Trinajstić information content (AvgIpc) is 1.41. The predicted molar refractivity (Wildman–Crippen MR) is 46.4 cm³/mol. The quantitative estimate of drug-likeness (QED) is 0.536. The summed E-state index contributed by atoms with van der Waals surface area (Å²) >= 11 is 0. The molecule has 0 rings (SSSR count). The van der Waals surface area contributed by atoms with Crippen LogP contribution in [0.25, 0.3) is 0 Å². The zero-order chi connectivity index (χ0) is 4.12. The SMILES string of the molecule is C.C.C.CCOCP. The zero-order valence-corrected chi connectivity index (χ0v) is 4.55. The van der Waals surface area contributed by atoms with Crippen molar-refractivity contribution in [2.24, 2.45) is 0 Å². The maximum atomic E-state index is 4.80. The Hall–Kier alpha value is 0.390. The maximum Gasteiger partial charge on any atom is 0.0602 e. The van der Waals surface area contributed by atoms with Gasteiger partial charge in [-0.25, -0.2) is 0 Å². The molecule has 0 saturated carbocycles. The standard InChI is InChI=1S/C3H9OP.3CH4/c1-2-4-3-5;;;/h2-3,5H2,1H3;3*1H4. The van der Waals surface area contributed by atoms with Gasteiger partial charge in [0.25, 0.3) is 0 Å². The molecule has 0 aliphatic heterocycles. The van der Waals surface area contributed by atoms with Crippen molar-refractivity contribution >= 4 is 9.24 Å². The van der Waals surface area contributed by atoms with Gasteiger partial charge in [-0.15, -0.1) is 9.24 Å². The molecule has 0 fully saturated rings. The minimum atomic E-state index is 0. The highest BCUT2D eigenvalue weighted by Gasteiger charge is 1.63. The third kappa shape index (κ3) is 32.5. The van der Waals surface area contributed by atoms with Gasteiger partial charge in [-0.05, 0) is 6.92 Å². The van der Waals surface area contributed by atoms with E-state index < -0.39 is 0 Å². The van der Waals surface area contributed by atoms with Crippen LogP contribution in [-0.2, 0) is 4.74 Å². The molecule has 0 spiro atoms. The molecular weight excluding hydrogens is 119 g/mol. The van der Waals surface area contributed by atoms with E-state index in [-0.39, 0.29) is 22.3 Å². The minimum Gasteiger partial charge on any atom is -0.378 e. The first-order chi connectivity index (χ1) is 2.41. The Bertz CT molecular complexity index is 16.0. The molecule has 1 nitrogen and oxygen atoms in total. The van der Waals surface area contributed by atoms with Gasteiger partial charge in [-0.2, -0.15) is 0 Å². The average molecular weight is 140 g/mol. The van der Waals surface area contributed by atoms with Crippen molar-refractivity contribution in [1.29, 1.82) is 0 Å². The topological polar surface area (TPSA) is 9.23 Å². The molecular formula is C6H21OP. The Morgan fingerprint density at radius 3 is 1.62 bits per heavy atom. The van der Waals surface area contributed by atoms with Crippen molar-refractivity contribution in [2.75, 3.05) is 13.0 Å². The lowest BCUT2D eigenvalue weighted by molar-refractivity contribution is 0.198. The van der Waals surface area contributed by atoms with Crippen LogP contribution in [0.3, 0.4) is 0 Å². The lowest BCUT2D eigenvalue weighted by Gasteiger charge is -1.86. The van der Waals surface area contributed by atoms with Crippen LogP contribution >= 0.6 is 9.24 Å². The van der Waals surface area contributed by atoms with Crippen LogP contribution in [0.2, 0.25) is 0 Å². The summed E-state index contributed by atoms with van der Waals surface area (Å²) < 4.78 is 4.80. The highest BCUT2D eigenvalue weighted by Crippen LogP contribution is 1.78. The molecule has 1 atom stereocenters. The molecule has 0 aromatic carbocycles. The fourth-order valence-electron chi connectivity index (χ4n) is 0.118. The van der Waals surface area contributed by atoms with Crippen LogP contribution in [-0.4, -0.2) is 13.0 Å². The van der Waals surface area contributed by atoms with E-state index in [1.54, 1.807) is 0 Å². The highest BCUT2D eigenvalue weighted by atomic mass is 31.0. The molecule has 1 unspecified atom stereocenters. The van der Waals surface area contributed by atoms with Crippen LogP contribution in [0.4, 0.5) is 0 Å². The molecule has 0 saturated heterocycles. The van der Waals surface area contributed by atoms with E-state index in [0.717, 1.165) is 13.0 Å². The van der Waals surface area contributed by atoms with Crippen molar-refractivity contribution in [3.05, 3.63) is 0 Å². The Morgan fingerprint density at radius 2 is 1.62 bits per heavy atom. The van der Waals surface area contributed by atoms with Gasteiger partial charge in [0.05, 0.1) is 6.35 Å². The summed E-state index contributed by atoms with van der Waals surface area (Å²) in [4.78, 5) is 0. The third-order valence-electron chi connectivity index (χ3n) is 0.322. The summed E-state index contributed by atoms with van der Waals surface area (Å²) in [6, 6.07) is 0. The van der Waals surface area contributed by atoms with Gasteiger partial charge in [-0.3, -0.25) is 0 Å². The van der Waals surface area contributed by atoms with Crippen molar-refractivity contribution in [1.82, 2.24) is 0 Å². The zero-order valence-electron chi connectivity index (χ0n) is 3.40. The van der Waals surface area contributed by atoms with Gasteiger partial charge < -0.3 is 4.74 Å². The fraction of sp³-hybridized carbons (Fsp3) is 1.00. The molecule has 0 aromatic heterocycles. The molecule has 56 valence electrons. The molecule has 2 heteroatoms. The molecule has 0 aliphatic carbocycles. The molecule has 0 N–H and O–H groups in total. The van der Waals surface area contributed by atoms with Gasteiger partial charge >= 0.3 is 0 Å². The number of hydrogen-bond donors (Lipinski definition) is 0. The van der Waals surface area contributed by atoms with Crippen LogP contribution in [0, 0.1) is 0 Å². The first-order valence-electron chi connectivity index (χ1n) is 1.69. The smallest absolute Gasteiger partial charge is 0.0602 e. The summed E-state index contributed by atoms with van der Waals surface area (Å²) in [5, 5.41) is 0. The lowest BCUT2D eigenvalue weighted by Crippen LogP contribution is -1.80. The van der Waals surface area contributed by atoms with Gasteiger partial charge in [0.1, 0.15) is 0 Å². The largest absolute Gasteiger partial charge is 0.378 e. The van der Waals surface area contributed by atoms with Crippen LogP contribution < -0.4 is 0 Å². The molecule has 0 aromatic rings. The summed E-state index contributed by atoms with van der Waals surface area (Å²) in [6.45, 7) is 2.80. The lowest BCUT2D eigenvalue weighted by atomic mass is 10.9. The van der Waals surface area contributed by atoms with E-state index in [4.69, 9.17) is 4.74 Å². The minimum absolute atomic E-state index is 0. The monoisotopic (exact) mass is 140 g/mol. The number of ether oxygens (including phenoxy) is 1. The van der Waals surface area contributed by atoms with Crippen molar-refractivity contribution < 1.29 is 4.74 Å². The Labute approximate surface area is 57.0 Å². The van der Waals surface area contributed by atoms with Crippen LogP contribution in [0.1, 0.15) is 29.2 Å². The van der Waals surface area contributed by atoms with Gasteiger partial charge in [0.15, 0.2) is 0 Å². The van der Waals surface area contributed by atoms with E-state index in [9.17, 15) is 0 Å². The van der Waals surface area contributed by atoms with Crippen molar-refractivity contribution in [3.63, 3.8) is 0 Å². The fourth-order valence-corrected chi connectivity index (χ4v) is 0.354. The molecule has 0 aliphatic rings. The Kier molecular flexibility index (Phi) is 78.0. The Morgan fingerprint density at radius 1 is 1.25 bits per heavy atom. The summed E-state index contributed by atoms with van der Waals surface area (Å²) in [5.41, 5.74) is 0. The normalized spacial score (nSPS) is 5.25. The molecule has 0 heterocycles. The van der Waals surface area contributed by atoms with Crippen molar-refractivity contribution in [2.45, 2.75) is 29.2 Å².